The number of nitrogens with one attached hydrogen (secondary N) is 1. The molecule has 200 valence electrons. The maximum absolute atomic E-state index is 13.8. The van der Waals surface area contributed by atoms with E-state index in [0.717, 1.165) is 47.9 Å². The van der Waals surface area contributed by atoms with Gasteiger partial charge in [-0.2, -0.15) is 0 Å². The van der Waals surface area contributed by atoms with Crippen molar-refractivity contribution in [1.29, 1.82) is 0 Å². The van der Waals surface area contributed by atoms with Crippen molar-refractivity contribution in [3.8, 4) is 0 Å². The van der Waals surface area contributed by atoms with Crippen molar-refractivity contribution in [2.45, 2.75) is 63.4 Å². The first-order chi connectivity index (χ1) is 18.4. The third-order valence-corrected chi connectivity index (χ3v) is 8.65. The van der Waals surface area contributed by atoms with Crippen molar-refractivity contribution in [1.82, 2.24) is 10.2 Å². The summed E-state index contributed by atoms with van der Waals surface area (Å²) in [7, 11) is 0. The molecule has 7 heteroatoms. The van der Waals surface area contributed by atoms with Gasteiger partial charge in [0.05, 0.1) is 15.8 Å². The van der Waals surface area contributed by atoms with Crippen LogP contribution in [0, 0.1) is 6.92 Å². The Hall–Kier alpha value is -2.47. The Bertz CT molecular complexity index is 1210. The van der Waals surface area contributed by atoms with Gasteiger partial charge in [-0.05, 0) is 48.6 Å². The van der Waals surface area contributed by atoms with Gasteiger partial charge in [-0.1, -0.05) is 102 Å². The lowest BCUT2D eigenvalue weighted by Crippen LogP contribution is -2.52. The molecule has 0 radical (unpaired) electrons. The molecule has 1 saturated carbocycles. The van der Waals surface area contributed by atoms with E-state index in [-0.39, 0.29) is 23.6 Å². The zero-order valence-corrected chi connectivity index (χ0v) is 24.0. The number of benzene rings is 3. The second kappa shape index (κ2) is 14.1. The van der Waals surface area contributed by atoms with Gasteiger partial charge in [0, 0.05) is 24.8 Å². The molecule has 2 amide bonds. The molecule has 4 nitrogen and oxygen atoms in total. The monoisotopic (exact) mass is 568 g/mol. The molecule has 0 aliphatic heterocycles. The molecule has 1 unspecified atom stereocenters. The summed E-state index contributed by atoms with van der Waals surface area (Å²) in [6, 6.07) is 23.2. The lowest BCUT2D eigenvalue weighted by molar-refractivity contribution is -0.139. The largest absolute Gasteiger partial charge is 0.352 e. The van der Waals surface area contributed by atoms with Gasteiger partial charge in [0.1, 0.15) is 6.04 Å². The Balaban J connectivity index is 1.55. The van der Waals surface area contributed by atoms with Crippen LogP contribution in [0.5, 0.6) is 0 Å². The van der Waals surface area contributed by atoms with Crippen LogP contribution in [0.25, 0.3) is 0 Å². The summed E-state index contributed by atoms with van der Waals surface area (Å²) in [5.41, 5.74) is 4.19. The maximum atomic E-state index is 13.8. The molecule has 1 N–H and O–H groups in total. The average Bonchev–Trinajstić information content (AvgIpc) is 3.43. The van der Waals surface area contributed by atoms with Crippen molar-refractivity contribution < 1.29 is 9.59 Å². The van der Waals surface area contributed by atoms with Crippen molar-refractivity contribution in [3.63, 3.8) is 0 Å². The zero-order chi connectivity index (χ0) is 26.9. The lowest BCUT2D eigenvalue weighted by atomic mass is 10.0. The number of rotatable bonds is 11. The van der Waals surface area contributed by atoms with Crippen LogP contribution in [0.3, 0.4) is 0 Å². The van der Waals surface area contributed by atoms with E-state index >= 15 is 0 Å². The molecule has 0 bridgehead atoms. The molecule has 0 heterocycles. The van der Waals surface area contributed by atoms with Crippen LogP contribution in [0.1, 0.15) is 47.9 Å². The van der Waals surface area contributed by atoms with Gasteiger partial charge in [-0.15, -0.1) is 11.8 Å². The molecule has 1 fully saturated rings. The molecule has 1 aliphatic carbocycles. The molecule has 0 aromatic heterocycles. The summed E-state index contributed by atoms with van der Waals surface area (Å²) in [6.07, 6.45) is 4.72. The van der Waals surface area contributed by atoms with E-state index < -0.39 is 6.04 Å². The number of thioether (sulfide) groups is 1. The zero-order valence-electron chi connectivity index (χ0n) is 21.7. The van der Waals surface area contributed by atoms with Crippen LogP contribution in [0.2, 0.25) is 10.0 Å². The molecule has 1 aliphatic rings. The van der Waals surface area contributed by atoms with Crippen molar-refractivity contribution >= 4 is 46.8 Å². The third-order valence-electron chi connectivity index (χ3n) is 6.92. The first-order valence-electron chi connectivity index (χ1n) is 13.1. The van der Waals surface area contributed by atoms with E-state index in [1.807, 2.05) is 73.7 Å². The number of aryl methyl sites for hydroxylation is 1. The van der Waals surface area contributed by atoms with E-state index in [9.17, 15) is 9.59 Å². The minimum atomic E-state index is -0.600. The molecule has 3 aromatic carbocycles. The minimum absolute atomic E-state index is 0.0573. The normalized spacial score (nSPS) is 14.3. The summed E-state index contributed by atoms with van der Waals surface area (Å²) in [5.74, 6) is 0.751. The molecule has 0 spiro atoms. The number of hydrogen-bond donors (Lipinski definition) is 1. The predicted octanol–water partition coefficient (Wildman–Crippen LogP) is 7.23. The molecular formula is C31H34Cl2N2O2S. The molecule has 3 aromatic rings. The van der Waals surface area contributed by atoms with E-state index in [2.05, 4.69) is 5.32 Å². The molecule has 0 saturated heterocycles. The van der Waals surface area contributed by atoms with Gasteiger partial charge in [0.15, 0.2) is 0 Å². The van der Waals surface area contributed by atoms with Gasteiger partial charge < -0.3 is 10.2 Å². The van der Waals surface area contributed by atoms with Crippen LogP contribution < -0.4 is 5.32 Å². The Morgan fingerprint density at radius 1 is 0.921 bits per heavy atom. The Morgan fingerprint density at radius 3 is 2.29 bits per heavy atom. The third kappa shape index (κ3) is 8.26. The first-order valence-corrected chi connectivity index (χ1v) is 15.0. The average molecular weight is 570 g/mol. The highest BCUT2D eigenvalue weighted by Gasteiger charge is 2.32. The Kier molecular flexibility index (Phi) is 10.6. The van der Waals surface area contributed by atoms with Crippen LogP contribution >= 0.6 is 35.0 Å². The molecule has 4 rings (SSSR count). The second-order valence-corrected chi connectivity index (χ2v) is 11.7. The topological polar surface area (TPSA) is 49.4 Å². The van der Waals surface area contributed by atoms with E-state index in [1.54, 1.807) is 11.0 Å². The first kappa shape index (κ1) is 28.5. The molecule has 38 heavy (non-hydrogen) atoms. The highest BCUT2D eigenvalue weighted by atomic mass is 35.5. The van der Waals surface area contributed by atoms with E-state index in [0.29, 0.717) is 28.8 Å². The fourth-order valence-corrected chi connectivity index (χ4v) is 5.96. The fraction of sp³-hybridized carbons (Fsp3) is 0.355. The summed E-state index contributed by atoms with van der Waals surface area (Å²) >= 11 is 13.7. The molecular weight excluding hydrogens is 535 g/mol. The number of carbonyl (C=O) groups excluding carboxylic acids is 2. The number of amides is 2. The van der Waals surface area contributed by atoms with Gasteiger partial charge in [-0.25, -0.2) is 0 Å². The molecule has 1 atom stereocenters. The fourth-order valence-electron chi connectivity index (χ4n) is 4.78. The number of hydrogen-bond acceptors (Lipinski definition) is 3. The summed E-state index contributed by atoms with van der Waals surface area (Å²) in [6.45, 7) is 2.42. The quantitative estimate of drug-likeness (QED) is 0.265. The number of halogens is 2. The minimum Gasteiger partial charge on any atom is -0.352 e. The van der Waals surface area contributed by atoms with Crippen LogP contribution in [0.4, 0.5) is 0 Å². The van der Waals surface area contributed by atoms with E-state index in [1.165, 1.54) is 11.8 Å². The van der Waals surface area contributed by atoms with Crippen molar-refractivity contribution in [2.75, 3.05) is 5.75 Å². The van der Waals surface area contributed by atoms with Crippen LogP contribution in [-0.4, -0.2) is 34.6 Å². The standard InChI is InChI=1S/C31H34Cl2N2O2S/c1-22-11-13-24(14-12-22)19-35(30(36)21-38-20-25-15-16-27(32)28(33)17-25)29(18-23-7-3-2-4-8-23)31(37)34-26-9-5-6-10-26/h2-4,7-8,11-17,26,29H,5-6,9-10,18-21H2,1H3,(H,34,37). The van der Waals surface area contributed by atoms with Crippen molar-refractivity contribution in [3.05, 3.63) is 105 Å². The Labute approximate surface area is 240 Å². The van der Waals surface area contributed by atoms with Crippen molar-refractivity contribution in [2.24, 2.45) is 0 Å². The second-order valence-electron chi connectivity index (χ2n) is 9.94. The number of carbonyl (C=O) groups is 2. The number of nitrogens with zero attached hydrogens (tertiary/aromatic N) is 1. The lowest BCUT2D eigenvalue weighted by Gasteiger charge is -2.32. The van der Waals surface area contributed by atoms with E-state index in [4.69, 9.17) is 23.2 Å². The maximum Gasteiger partial charge on any atom is 0.243 e. The predicted molar refractivity (Wildman–Crippen MR) is 159 cm³/mol. The summed E-state index contributed by atoms with van der Waals surface area (Å²) in [5, 5.41) is 4.27. The smallest absolute Gasteiger partial charge is 0.243 e. The van der Waals surface area contributed by atoms with Gasteiger partial charge >= 0.3 is 0 Å². The highest BCUT2D eigenvalue weighted by molar-refractivity contribution is 7.99. The summed E-state index contributed by atoms with van der Waals surface area (Å²) < 4.78 is 0. The van der Waals surface area contributed by atoms with Gasteiger partial charge in [0.25, 0.3) is 0 Å². The Morgan fingerprint density at radius 2 is 1.61 bits per heavy atom. The SMILES string of the molecule is Cc1ccc(CN(C(=O)CSCc2ccc(Cl)c(Cl)c2)C(Cc2ccccc2)C(=O)NC2CCCC2)cc1. The van der Waals surface area contributed by atoms with Gasteiger partial charge in [-0.3, -0.25) is 9.59 Å². The highest BCUT2D eigenvalue weighted by Crippen LogP contribution is 2.25. The van der Waals surface area contributed by atoms with Gasteiger partial charge in [0.2, 0.25) is 11.8 Å². The van der Waals surface area contributed by atoms with Crippen LogP contribution in [0.15, 0.2) is 72.8 Å². The summed E-state index contributed by atoms with van der Waals surface area (Å²) in [4.78, 5) is 29.3. The van der Waals surface area contributed by atoms with Crippen LogP contribution in [-0.2, 0) is 28.3 Å².